The molecule has 0 saturated heterocycles. The van der Waals surface area contributed by atoms with Crippen LogP contribution in [0.2, 0.25) is 0 Å². The molecule has 1 aliphatic rings. The largest absolute Gasteiger partial charge is 0.626 e. The molecule has 1 aromatic rings. The Morgan fingerprint density at radius 3 is 2.80 bits per heavy atom. The smallest absolute Gasteiger partial charge is 0.144 e. The number of methoxy groups -OCH3 is 1. The van der Waals surface area contributed by atoms with Crippen LogP contribution in [0.1, 0.15) is 12.5 Å². The molecule has 1 unspecified atom stereocenters. The molecule has 1 heterocycles. The molecule has 0 fully saturated rings. The number of hydrogen-bond acceptors (Lipinski definition) is 3. The summed E-state index contributed by atoms with van der Waals surface area (Å²) in [5.41, 5.74) is 1.73. The van der Waals surface area contributed by atoms with E-state index in [2.05, 4.69) is 4.36 Å². The van der Waals surface area contributed by atoms with Crippen molar-refractivity contribution in [2.45, 2.75) is 11.8 Å². The van der Waals surface area contributed by atoms with Crippen LogP contribution in [0, 0.1) is 0 Å². The highest BCUT2D eigenvalue weighted by molar-refractivity contribution is 7.99. The molecule has 15 heavy (non-hydrogen) atoms. The zero-order valence-corrected chi connectivity index (χ0v) is 9.80. The molecule has 2 rings (SSSR count). The van der Waals surface area contributed by atoms with Crippen molar-refractivity contribution in [3.8, 4) is 5.75 Å². The SMILES string of the molecule is COc1ccc2c(c1)C=C(C)N=[S+]2(C)[O-]. The van der Waals surface area contributed by atoms with Crippen LogP contribution < -0.4 is 4.74 Å². The first kappa shape index (κ1) is 10.4. The van der Waals surface area contributed by atoms with Gasteiger partial charge in [-0.05, 0) is 41.3 Å². The lowest BCUT2D eigenvalue weighted by Gasteiger charge is -2.22. The van der Waals surface area contributed by atoms with E-state index in [1.165, 1.54) is 0 Å². The average Bonchev–Trinajstić information content (AvgIpc) is 2.15. The fourth-order valence-electron chi connectivity index (χ4n) is 1.69. The van der Waals surface area contributed by atoms with Gasteiger partial charge in [-0.25, -0.2) is 0 Å². The van der Waals surface area contributed by atoms with E-state index in [0.717, 1.165) is 21.9 Å². The number of rotatable bonds is 1. The van der Waals surface area contributed by atoms with E-state index >= 15 is 0 Å². The normalized spacial score (nSPS) is 23.9. The van der Waals surface area contributed by atoms with E-state index in [0.29, 0.717) is 0 Å². The zero-order chi connectivity index (χ0) is 11.1. The van der Waals surface area contributed by atoms with Crippen LogP contribution in [-0.2, 0) is 10.1 Å². The Morgan fingerprint density at radius 2 is 2.13 bits per heavy atom. The average molecular weight is 223 g/mol. The van der Waals surface area contributed by atoms with Crippen molar-refractivity contribution in [1.82, 2.24) is 0 Å². The first-order chi connectivity index (χ1) is 7.03. The number of nitrogens with zero attached hydrogens (tertiary/aromatic N) is 1. The summed E-state index contributed by atoms with van der Waals surface area (Å²) in [6, 6.07) is 5.52. The van der Waals surface area contributed by atoms with Gasteiger partial charge in [0.15, 0.2) is 0 Å². The minimum absolute atomic E-state index is 0.773. The monoisotopic (exact) mass is 223 g/mol. The van der Waals surface area contributed by atoms with E-state index in [4.69, 9.17) is 4.74 Å². The molecule has 0 saturated carbocycles. The second-order valence-corrected chi connectivity index (χ2v) is 5.81. The Bertz CT molecular complexity index is 485. The number of benzene rings is 1. The van der Waals surface area contributed by atoms with Gasteiger partial charge in [0.1, 0.15) is 10.6 Å². The summed E-state index contributed by atoms with van der Waals surface area (Å²) >= 11 is 0. The van der Waals surface area contributed by atoms with Crippen LogP contribution in [0.15, 0.2) is 33.2 Å². The van der Waals surface area contributed by atoms with Crippen molar-refractivity contribution in [3.63, 3.8) is 0 Å². The molecule has 1 atom stereocenters. The lowest BCUT2D eigenvalue weighted by atomic mass is 10.2. The second-order valence-electron chi connectivity index (χ2n) is 3.58. The van der Waals surface area contributed by atoms with Gasteiger partial charge in [-0.2, -0.15) is 0 Å². The third-order valence-electron chi connectivity index (χ3n) is 2.31. The summed E-state index contributed by atoms with van der Waals surface area (Å²) < 4.78 is 21.5. The molecule has 0 aromatic heterocycles. The third kappa shape index (κ3) is 1.82. The third-order valence-corrected chi connectivity index (χ3v) is 4.13. The van der Waals surface area contributed by atoms with Gasteiger partial charge in [-0.15, -0.1) is 4.36 Å². The molecule has 0 radical (unpaired) electrons. The minimum atomic E-state index is -2.27. The highest BCUT2D eigenvalue weighted by Crippen LogP contribution is 2.32. The maximum Gasteiger partial charge on any atom is 0.144 e. The van der Waals surface area contributed by atoms with E-state index < -0.39 is 10.1 Å². The van der Waals surface area contributed by atoms with Gasteiger partial charge in [0.25, 0.3) is 0 Å². The molecular weight excluding hydrogens is 210 g/mol. The Labute approximate surface area is 90.7 Å². The predicted octanol–water partition coefficient (Wildman–Crippen LogP) is 2.53. The molecule has 0 aliphatic carbocycles. The highest BCUT2D eigenvalue weighted by atomic mass is 32.3. The van der Waals surface area contributed by atoms with Gasteiger partial charge in [-0.1, -0.05) is 0 Å². The van der Waals surface area contributed by atoms with Crippen LogP contribution in [0.25, 0.3) is 6.08 Å². The number of ether oxygens (including phenoxy) is 1. The summed E-state index contributed by atoms with van der Waals surface area (Å²) in [4.78, 5) is 0.786. The number of hydrogen-bond donors (Lipinski definition) is 0. The highest BCUT2D eigenvalue weighted by Gasteiger charge is 2.20. The number of fused-ring (bicyclic) bond motifs is 1. The molecule has 0 N–H and O–H groups in total. The Kier molecular flexibility index (Phi) is 2.40. The molecule has 1 aromatic carbocycles. The Morgan fingerprint density at radius 1 is 1.40 bits per heavy atom. The Balaban J connectivity index is 2.66. The fraction of sp³-hybridized carbons (Fsp3) is 0.273. The standard InChI is InChI=1S/C11H13NO2S/c1-8-6-9-7-10(14-2)4-5-11(9)15(3,13)12-8/h4-7H,1-3H3. The van der Waals surface area contributed by atoms with Crippen molar-refractivity contribution in [1.29, 1.82) is 0 Å². The molecule has 4 heteroatoms. The van der Waals surface area contributed by atoms with Crippen molar-refractivity contribution < 1.29 is 9.29 Å². The predicted molar refractivity (Wildman–Crippen MR) is 61.4 cm³/mol. The fourth-order valence-corrected chi connectivity index (χ4v) is 3.26. The first-order valence-corrected chi connectivity index (χ1v) is 6.54. The lowest BCUT2D eigenvalue weighted by molar-refractivity contribution is 0.414. The molecule has 0 amide bonds. The van der Waals surface area contributed by atoms with E-state index in [1.54, 1.807) is 13.4 Å². The maximum absolute atomic E-state index is 12.2. The van der Waals surface area contributed by atoms with Gasteiger partial charge in [0.2, 0.25) is 0 Å². The molecule has 3 nitrogen and oxygen atoms in total. The second kappa shape index (κ2) is 3.47. The zero-order valence-electron chi connectivity index (χ0n) is 8.98. The van der Waals surface area contributed by atoms with Crippen LogP contribution >= 0.6 is 0 Å². The summed E-state index contributed by atoms with van der Waals surface area (Å²) in [7, 11) is -0.645. The number of allylic oxidation sites excluding steroid dienone is 1. The lowest BCUT2D eigenvalue weighted by Crippen LogP contribution is -2.12. The van der Waals surface area contributed by atoms with Crippen LogP contribution in [0.5, 0.6) is 5.75 Å². The Hall–Kier alpha value is -1.13. The van der Waals surface area contributed by atoms with Crippen LogP contribution in [0.3, 0.4) is 0 Å². The first-order valence-electron chi connectivity index (χ1n) is 4.61. The summed E-state index contributed by atoms with van der Waals surface area (Å²) in [5.74, 6) is 0.773. The minimum Gasteiger partial charge on any atom is -0.626 e. The van der Waals surface area contributed by atoms with E-state index in [-0.39, 0.29) is 0 Å². The molecule has 0 spiro atoms. The van der Waals surface area contributed by atoms with Crippen molar-refractivity contribution in [2.24, 2.45) is 4.36 Å². The topological polar surface area (TPSA) is 44.6 Å². The molecule has 1 aliphatic heterocycles. The van der Waals surface area contributed by atoms with Crippen LogP contribution in [-0.4, -0.2) is 17.9 Å². The van der Waals surface area contributed by atoms with Crippen molar-refractivity contribution in [3.05, 3.63) is 29.5 Å². The molecule has 80 valence electrons. The molecule has 0 bridgehead atoms. The van der Waals surface area contributed by atoms with Gasteiger partial charge < -0.3 is 9.29 Å². The van der Waals surface area contributed by atoms with Crippen LogP contribution in [0.4, 0.5) is 0 Å². The quantitative estimate of drug-likeness (QED) is 0.687. The van der Waals surface area contributed by atoms with Gasteiger partial charge in [-0.3, -0.25) is 0 Å². The summed E-state index contributed by atoms with van der Waals surface area (Å²) in [6.45, 7) is 1.85. The molecular formula is C11H13NO2S. The summed E-state index contributed by atoms with van der Waals surface area (Å²) in [6.07, 6.45) is 3.58. The van der Waals surface area contributed by atoms with Crippen molar-refractivity contribution in [2.75, 3.05) is 13.4 Å². The van der Waals surface area contributed by atoms with Gasteiger partial charge in [0, 0.05) is 5.56 Å². The maximum atomic E-state index is 12.2. The van der Waals surface area contributed by atoms with E-state index in [9.17, 15) is 4.55 Å². The van der Waals surface area contributed by atoms with Crippen molar-refractivity contribution >= 4 is 16.2 Å². The van der Waals surface area contributed by atoms with Gasteiger partial charge in [0.05, 0.1) is 19.1 Å². The van der Waals surface area contributed by atoms with E-state index in [1.807, 2.05) is 31.2 Å². The summed E-state index contributed by atoms with van der Waals surface area (Å²) in [5, 5.41) is 0. The van der Waals surface area contributed by atoms with Gasteiger partial charge >= 0.3 is 0 Å².